The van der Waals surface area contributed by atoms with Gasteiger partial charge in [0.15, 0.2) is 0 Å². The van der Waals surface area contributed by atoms with Crippen molar-refractivity contribution in [3.63, 3.8) is 0 Å². The van der Waals surface area contributed by atoms with E-state index in [1.54, 1.807) is 11.0 Å². The molecule has 1 aliphatic heterocycles. The second kappa shape index (κ2) is 6.74. The first-order chi connectivity index (χ1) is 11.1. The topological polar surface area (TPSA) is 23.6 Å². The summed E-state index contributed by atoms with van der Waals surface area (Å²) in [5, 5.41) is 0. The molecule has 132 valence electrons. The zero-order valence-corrected chi connectivity index (χ0v) is 12.4. The fraction of sp³-hybridized carbons (Fsp3) is 0.400. The van der Waals surface area contributed by atoms with Crippen molar-refractivity contribution >= 4 is 11.5 Å². The van der Waals surface area contributed by atoms with Crippen LogP contribution in [-0.4, -0.2) is 43.0 Å². The lowest BCUT2D eigenvalue weighted by molar-refractivity contribution is -0.165. The third-order valence-corrected chi connectivity index (χ3v) is 3.57. The fourth-order valence-electron chi connectivity index (χ4n) is 2.28. The molecule has 0 unspecified atom stereocenters. The number of halogens is 6. The molecule has 0 aliphatic carbocycles. The van der Waals surface area contributed by atoms with Crippen LogP contribution in [0, 0.1) is 0 Å². The molecular weight excluding hydrogens is 338 g/mol. The molecule has 0 spiro atoms. The van der Waals surface area contributed by atoms with Crippen LogP contribution in [0.25, 0.3) is 0 Å². The number of allylic oxidation sites excluding steroid dienone is 1. The van der Waals surface area contributed by atoms with Gasteiger partial charge in [0, 0.05) is 44.1 Å². The van der Waals surface area contributed by atoms with Crippen molar-refractivity contribution in [1.29, 1.82) is 0 Å². The number of ketones is 1. The van der Waals surface area contributed by atoms with Crippen molar-refractivity contribution in [1.82, 2.24) is 4.90 Å². The van der Waals surface area contributed by atoms with E-state index in [1.165, 1.54) is 11.0 Å². The van der Waals surface area contributed by atoms with Crippen molar-refractivity contribution in [3.05, 3.63) is 42.1 Å². The van der Waals surface area contributed by atoms with Crippen LogP contribution in [0.1, 0.15) is 5.56 Å². The fourth-order valence-corrected chi connectivity index (χ4v) is 2.28. The Labute approximate surface area is 134 Å². The molecule has 0 N–H and O–H groups in total. The van der Waals surface area contributed by atoms with Gasteiger partial charge in [-0.3, -0.25) is 4.79 Å². The summed E-state index contributed by atoms with van der Waals surface area (Å²) in [4.78, 5) is 14.0. The first kappa shape index (κ1) is 18.2. The van der Waals surface area contributed by atoms with Gasteiger partial charge in [-0.25, -0.2) is 0 Å². The summed E-state index contributed by atoms with van der Waals surface area (Å²) in [6.07, 6.45) is -7.81. The molecule has 1 aliphatic rings. The minimum absolute atomic E-state index is 0.303. The van der Waals surface area contributed by atoms with Gasteiger partial charge in [-0.05, 0) is 18.2 Å². The third-order valence-electron chi connectivity index (χ3n) is 3.57. The van der Waals surface area contributed by atoms with E-state index in [2.05, 4.69) is 0 Å². The zero-order chi connectivity index (χ0) is 18.0. The summed E-state index contributed by atoms with van der Waals surface area (Å²) in [6, 6.07) is 4.88. The van der Waals surface area contributed by atoms with Crippen LogP contribution >= 0.6 is 0 Å². The van der Waals surface area contributed by atoms with E-state index in [-0.39, 0.29) is 0 Å². The van der Waals surface area contributed by atoms with Gasteiger partial charge in [-0.15, -0.1) is 0 Å². The highest BCUT2D eigenvalue weighted by Gasteiger charge is 2.36. The highest BCUT2D eigenvalue weighted by atomic mass is 19.4. The summed E-state index contributed by atoms with van der Waals surface area (Å²) >= 11 is 0. The highest BCUT2D eigenvalue weighted by Crippen LogP contribution is 2.31. The van der Waals surface area contributed by atoms with Crippen LogP contribution in [0.5, 0.6) is 0 Å². The lowest BCUT2D eigenvalue weighted by Crippen LogP contribution is -2.44. The lowest BCUT2D eigenvalue weighted by atomic mass is 10.1. The van der Waals surface area contributed by atoms with Crippen molar-refractivity contribution in [2.24, 2.45) is 0 Å². The minimum Gasteiger partial charge on any atom is -0.374 e. The van der Waals surface area contributed by atoms with Crippen LogP contribution in [0.4, 0.5) is 32.0 Å². The molecule has 2 rings (SSSR count). The van der Waals surface area contributed by atoms with Crippen LogP contribution in [0.15, 0.2) is 36.5 Å². The number of carbonyl (C=O) groups excluding carboxylic acids is 1. The number of anilines is 1. The number of rotatable bonds is 3. The van der Waals surface area contributed by atoms with Crippen molar-refractivity contribution in [2.45, 2.75) is 12.4 Å². The third kappa shape index (κ3) is 4.65. The van der Waals surface area contributed by atoms with E-state index in [0.717, 1.165) is 18.3 Å². The monoisotopic (exact) mass is 352 g/mol. The molecule has 3 nitrogen and oxygen atoms in total. The van der Waals surface area contributed by atoms with Gasteiger partial charge in [-0.1, -0.05) is 6.07 Å². The van der Waals surface area contributed by atoms with Gasteiger partial charge in [0.05, 0.1) is 5.56 Å². The Hall–Kier alpha value is -2.19. The molecule has 24 heavy (non-hydrogen) atoms. The lowest BCUT2D eigenvalue weighted by Gasteiger charge is -2.35. The van der Waals surface area contributed by atoms with Crippen LogP contribution in [-0.2, 0) is 11.0 Å². The Morgan fingerprint density at radius 2 is 1.62 bits per heavy atom. The van der Waals surface area contributed by atoms with Gasteiger partial charge in [-0.2, -0.15) is 26.3 Å². The molecule has 1 fully saturated rings. The second-order valence-corrected chi connectivity index (χ2v) is 5.25. The summed E-state index contributed by atoms with van der Waals surface area (Å²) in [5.74, 6) is -1.94. The largest absolute Gasteiger partial charge is 0.454 e. The van der Waals surface area contributed by atoms with E-state index >= 15 is 0 Å². The van der Waals surface area contributed by atoms with Gasteiger partial charge in [0.2, 0.25) is 0 Å². The van der Waals surface area contributed by atoms with E-state index < -0.39 is 23.7 Å². The quantitative estimate of drug-likeness (QED) is 0.615. The minimum atomic E-state index is -4.91. The highest BCUT2D eigenvalue weighted by molar-refractivity contribution is 5.94. The molecule has 0 saturated carbocycles. The summed E-state index contributed by atoms with van der Waals surface area (Å²) in [6.45, 7) is 1.29. The first-order valence-electron chi connectivity index (χ1n) is 7.03. The average molecular weight is 352 g/mol. The number of nitrogens with zero attached hydrogens (tertiary/aromatic N) is 2. The molecule has 0 bridgehead atoms. The molecule has 1 saturated heterocycles. The normalized spacial score (nSPS) is 16.8. The van der Waals surface area contributed by atoms with Crippen molar-refractivity contribution in [3.8, 4) is 0 Å². The SMILES string of the molecule is O=C(C=CN1CCN(c2cccc(C(F)(F)F)c2)CC1)C(F)(F)F. The van der Waals surface area contributed by atoms with Gasteiger partial charge in [0.25, 0.3) is 5.78 Å². The summed E-state index contributed by atoms with van der Waals surface area (Å²) in [5.41, 5.74) is -0.349. The number of benzene rings is 1. The van der Waals surface area contributed by atoms with E-state index in [1.807, 2.05) is 0 Å². The Morgan fingerprint density at radius 1 is 1.00 bits per heavy atom. The van der Waals surface area contributed by atoms with Gasteiger partial charge < -0.3 is 9.80 Å². The maximum atomic E-state index is 12.7. The smallest absolute Gasteiger partial charge is 0.374 e. The standard InChI is InChI=1S/C15H14F6N2O/c16-14(17,18)11-2-1-3-12(10-11)23-8-6-22(7-9-23)5-4-13(24)15(19,20)21/h1-5,10H,6-9H2. The molecule has 1 aromatic rings. The number of hydrogen-bond donors (Lipinski definition) is 0. The molecule has 0 aromatic heterocycles. The zero-order valence-electron chi connectivity index (χ0n) is 12.4. The molecule has 1 aromatic carbocycles. The molecule has 0 amide bonds. The van der Waals surface area contributed by atoms with Crippen LogP contribution in [0.3, 0.4) is 0 Å². The Kier molecular flexibility index (Phi) is 5.10. The summed E-state index contributed by atoms with van der Waals surface area (Å²) in [7, 11) is 0. The average Bonchev–Trinajstić information content (AvgIpc) is 2.51. The van der Waals surface area contributed by atoms with E-state index in [9.17, 15) is 31.1 Å². The maximum absolute atomic E-state index is 12.7. The molecule has 9 heteroatoms. The molecule has 0 atom stereocenters. The van der Waals surface area contributed by atoms with Crippen molar-refractivity contribution < 1.29 is 31.1 Å². The predicted molar refractivity (Wildman–Crippen MR) is 75.4 cm³/mol. The van der Waals surface area contributed by atoms with Gasteiger partial charge in [0.1, 0.15) is 0 Å². The van der Waals surface area contributed by atoms with Crippen LogP contribution < -0.4 is 4.90 Å². The number of alkyl halides is 6. The molecule has 0 radical (unpaired) electrons. The van der Waals surface area contributed by atoms with E-state index in [0.29, 0.717) is 37.9 Å². The molecular formula is C15H14F6N2O. The van der Waals surface area contributed by atoms with E-state index in [4.69, 9.17) is 0 Å². The Balaban J connectivity index is 1.96. The summed E-state index contributed by atoms with van der Waals surface area (Å²) < 4.78 is 74.4. The van der Waals surface area contributed by atoms with Gasteiger partial charge >= 0.3 is 12.4 Å². The number of piperazine rings is 1. The number of carbonyl (C=O) groups is 1. The van der Waals surface area contributed by atoms with Crippen molar-refractivity contribution in [2.75, 3.05) is 31.1 Å². The maximum Gasteiger partial charge on any atom is 0.454 e. The second-order valence-electron chi connectivity index (χ2n) is 5.25. The van der Waals surface area contributed by atoms with Crippen LogP contribution in [0.2, 0.25) is 0 Å². The Bertz CT molecular complexity index is 615. The molecule has 1 heterocycles. The number of hydrogen-bond acceptors (Lipinski definition) is 3. The first-order valence-corrected chi connectivity index (χ1v) is 7.03. The predicted octanol–water partition coefficient (Wildman–Crippen LogP) is 3.47. The Morgan fingerprint density at radius 3 is 2.17 bits per heavy atom.